The molecule has 1 aliphatic heterocycles. The highest BCUT2D eigenvalue weighted by Gasteiger charge is 2.23. The molecule has 0 saturated carbocycles. The van der Waals surface area contributed by atoms with Crippen LogP contribution in [0.4, 0.5) is 0 Å². The number of aromatic nitrogens is 2. The van der Waals surface area contributed by atoms with E-state index in [0.29, 0.717) is 11.1 Å². The molecule has 2 aromatic carbocycles. The van der Waals surface area contributed by atoms with E-state index in [1.807, 2.05) is 24.4 Å². The normalized spacial score (nSPS) is 14.9. The molecule has 1 saturated heterocycles. The molecule has 3 aromatic rings. The average molecular weight is 521 g/mol. The Morgan fingerprint density at radius 2 is 1.81 bits per heavy atom. The van der Waals surface area contributed by atoms with Gasteiger partial charge in [-0.2, -0.15) is 0 Å². The Morgan fingerprint density at radius 3 is 2.57 bits per heavy atom. The molecule has 0 atom stereocenters. The quantitative estimate of drug-likeness (QED) is 0.267. The first-order valence-corrected chi connectivity index (χ1v) is 14.3. The van der Waals surface area contributed by atoms with E-state index >= 15 is 0 Å². The number of nitrogens with zero attached hydrogens (tertiary/aromatic N) is 4. The highest BCUT2D eigenvalue weighted by atomic mass is 35.5. The van der Waals surface area contributed by atoms with Crippen molar-refractivity contribution in [3.63, 3.8) is 0 Å². The summed E-state index contributed by atoms with van der Waals surface area (Å²) in [5.74, 6) is 1.02. The Balaban J connectivity index is 1.32. The van der Waals surface area contributed by atoms with Crippen LogP contribution in [-0.2, 0) is 19.4 Å². The number of phenols is 1. The van der Waals surface area contributed by atoms with Gasteiger partial charge in [0.15, 0.2) is 0 Å². The van der Waals surface area contributed by atoms with Crippen molar-refractivity contribution in [2.75, 3.05) is 26.2 Å². The van der Waals surface area contributed by atoms with Crippen molar-refractivity contribution in [1.82, 2.24) is 19.8 Å². The molecule has 0 amide bonds. The number of phenolic OH excluding ortho intramolecular Hbond substituents is 1. The van der Waals surface area contributed by atoms with E-state index in [1.54, 1.807) is 6.07 Å². The Hall–Kier alpha value is -2.47. The van der Waals surface area contributed by atoms with Crippen LogP contribution in [0, 0.1) is 0 Å². The molecule has 1 N–H and O–H groups in total. The Bertz CT molecular complexity index is 1130. The van der Waals surface area contributed by atoms with Crippen LogP contribution >= 0.6 is 11.6 Å². The van der Waals surface area contributed by atoms with Crippen LogP contribution in [0.2, 0.25) is 5.02 Å². The molecule has 0 unspecified atom stereocenters. The number of likely N-dealkylation sites (tertiary alicyclic amines) is 1. The van der Waals surface area contributed by atoms with E-state index in [2.05, 4.69) is 52.9 Å². The van der Waals surface area contributed by atoms with Gasteiger partial charge >= 0.3 is 0 Å². The van der Waals surface area contributed by atoms with Crippen molar-refractivity contribution in [3.05, 3.63) is 76.7 Å². The highest BCUT2D eigenvalue weighted by molar-refractivity contribution is 6.32. The Kier molecular flexibility index (Phi) is 10.4. The second-order valence-corrected chi connectivity index (χ2v) is 10.6. The molecule has 1 aliphatic rings. The lowest BCUT2D eigenvalue weighted by Gasteiger charge is -2.38. The van der Waals surface area contributed by atoms with E-state index in [1.165, 1.54) is 44.5 Å². The summed E-state index contributed by atoms with van der Waals surface area (Å²) in [6.45, 7) is 10.3. The SMILES string of the molecule is CCCN1CCC(N(CC)Cc2cccc(-c3ccnc(CCCCc4ccc(O)c(Cl)c4)n3)c2)CC1. The van der Waals surface area contributed by atoms with E-state index < -0.39 is 0 Å². The predicted molar refractivity (Wildman–Crippen MR) is 153 cm³/mol. The zero-order valence-corrected chi connectivity index (χ0v) is 23.1. The van der Waals surface area contributed by atoms with Crippen LogP contribution < -0.4 is 0 Å². The van der Waals surface area contributed by atoms with Crippen LogP contribution in [0.3, 0.4) is 0 Å². The second-order valence-electron chi connectivity index (χ2n) is 10.2. The van der Waals surface area contributed by atoms with E-state index in [4.69, 9.17) is 16.6 Å². The van der Waals surface area contributed by atoms with Gasteiger partial charge in [-0.3, -0.25) is 4.90 Å². The summed E-state index contributed by atoms with van der Waals surface area (Å²) in [6, 6.07) is 17.0. The molecule has 0 aliphatic carbocycles. The molecule has 4 rings (SSSR count). The van der Waals surface area contributed by atoms with Gasteiger partial charge in [-0.25, -0.2) is 9.97 Å². The number of aryl methyl sites for hydroxylation is 2. The summed E-state index contributed by atoms with van der Waals surface area (Å²) >= 11 is 6.03. The van der Waals surface area contributed by atoms with Crippen molar-refractivity contribution in [1.29, 1.82) is 0 Å². The van der Waals surface area contributed by atoms with Gasteiger partial charge in [0.25, 0.3) is 0 Å². The lowest BCUT2D eigenvalue weighted by atomic mass is 10.0. The zero-order chi connectivity index (χ0) is 26.0. The number of unbranched alkanes of at least 4 members (excludes halogenated alkanes) is 1. The Morgan fingerprint density at radius 1 is 1.00 bits per heavy atom. The van der Waals surface area contributed by atoms with Crippen LogP contribution in [-0.4, -0.2) is 57.1 Å². The summed E-state index contributed by atoms with van der Waals surface area (Å²) in [6.07, 6.45) is 9.46. The smallest absolute Gasteiger partial charge is 0.134 e. The second kappa shape index (κ2) is 13.9. The summed E-state index contributed by atoms with van der Waals surface area (Å²) in [5, 5.41) is 10.0. The fourth-order valence-electron chi connectivity index (χ4n) is 5.39. The summed E-state index contributed by atoms with van der Waals surface area (Å²) in [7, 11) is 0. The zero-order valence-electron chi connectivity index (χ0n) is 22.4. The maximum Gasteiger partial charge on any atom is 0.134 e. The number of aromatic hydroxyl groups is 1. The highest BCUT2D eigenvalue weighted by Crippen LogP contribution is 2.25. The molecular weight excluding hydrogens is 480 g/mol. The molecule has 0 radical (unpaired) electrons. The summed E-state index contributed by atoms with van der Waals surface area (Å²) in [4.78, 5) is 14.7. The fraction of sp³-hybridized carbons (Fsp3) is 0.484. The monoisotopic (exact) mass is 520 g/mol. The van der Waals surface area contributed by atoms with Gasteiger partial charge in [-0.15, -0.1) is 0 Å². The minimum atomic E-state index is 0.134. The standard InChI is InChI=1S/C31H41ClN4O/c1-3-18-35-19-15-27(16-20-35)36(4-2)23-25-9-7-10-26(21-25)29-14-17-33-31(34-29)11-6-5-8-24-12-13-30(37)28(32)22-24/h7,9-10,12-14,17,21-22,27,37H,3-6,8,11,15-16,18-20,23H2,1-2H3. The van der Waals surface area contributed by atoms with Gasteiger partial charge in [0, 0.05) is 30.8 Å². The largest absolute Gasteiger partial charge is 0.506 e. The molecular formula is C31H41ClN4O. The molecule has 0 bridgehead atoms. The van der Waals surface area contributed by atoms with Crippen molar-refractivity contribution in [2.24, 2.45) is 0 Å². The molecule has 0 spiro atoms. The molecule has 198 valence electrons. The molecule has 2 heterocycles. The first-order chi connectivity index (χ1) is 18.1. The van der Waals surface area contributed by atoms with Gasteiger partial charge in [0.1, 0.15) is 11.6 Å². The molecule has 1 fully saturated rings. The molecule has 1 aromatic heterocycles. The maximum absolute atomic E-state index is 9.59. The van der Waals surface area contributed by atoms with Crippen LogP contribution in [0.25, 0.3) is 11.3 Å². The first kappa shape index (κ1) is 27.6. The number of hydrogen-bond donors (Lipinski definition) is 1. The first-order valence-electron chi connectivity index (χ1n) is 13.9. The third-order valence-corrected chi connectivity index (χ3v) is 7.76. The lowest BCUT2D eigenvalue weighted by Crippen LogP contribution is -2.44. The van der Waals surface area contributed by atoms with Crippen LogP contribution in [0.15, 0.2) is 54.7 Å². The molecule has 6 heteroatoms. The minimum absolute atomic E-state index is 0.134. The van der Waals surface area contributed by atoms with E-state index in [9.17, 15) is 5.11 Å². The Labute approximate surface area is 227 Å². The van der Waals surface area contributed by atoms with Crippen molar-refractivity contribution >= 4 is 11.6 Å². The minimum Gasteiger partial charge on any atom is -0.506 e. The topological polar surface area (TPSA) is 52.5 Å². The van der Waals surface area contributed by atoms with Crippen molar-refractivity contribution in [3.8, 4) is 17.0 Å². The van der Waals surface area contributed by atoms with Gasteiger partial charge in [0.05, 0.1) is 10.7 Å². The van der Waals surface area contributed by atoms with Crippen molar-refractivity contribution < 1.29 is 5.11 Å². The van der Waals surface area contributed by atoms with E-state index in [0.717, 1.165) is 61.4 Å². The van der Waals surface area contributed by atoms with Gasteiger partial charge in [-0.1, -0.05) is 49.7 Å². The average Bonchev–Trinajstić information content (AvgIpc) is 2.93. The number of hydrogen-bond acceptors (Lipinski definition) is 5. The fourth-order valence-corrected chi connectivity index (χ4v) is 5.59. The summed E-state index contributed by atoms with van der Waals surface area (Å²) in [5.41, 5.74) is 4.65. The molecule has 5 nitrogen and oxygen atoms in total. The predicted octanol–water partition coefficient (Wildman–Crippen LogP) is 6.76. The van der Waals surface area contributed by atoms with Gasteiger partial charge in [-0.05, 0) is 100 Å². The number of halogens is 1. The number of piperidine rings is 1. The van der Waals surface area contributed by atoms with Crippen LogP contribution in [0.1, 0.15) is 62.9 Å². The third-order valence-electron chi connectivity index (χ3n) is 7.46. The van der Waals surface area contributed by atoms with Gasteiger partial charge in [0.2, 0.25) is 0 Å². The van der Waals surface area contributed by atoms with Crippen LogP contribution in [0.5, 0.6) is 5.75 Å². The van der Waals surface area contributed by atoms with Crippen molar-refractivity contribution in [2.45, 2.75) is 71.4 Å². The maximum atomic E-state index is 9.59. The third kappa shape index (κ3) is 8.00. The summed E-state index contributed by atoms with van der Waals surface area (Å²) < 4.78 is 0. The number of rotatable bonds is 12. The van der Waals surface area contributed by atoms with E-state index in [-0.39, 0.29) is 5.75 Å². The number of benzene rings is 2. The lowest BCUT2D eigenvalue weighted by molar-refractivity contribution is 0.107. The van der Waals surface area contributed by atoms with Gasteiger partial charge < -0.3 is 10.0 Å². The molecule has 37 heavy (non-hydrogen) atoms.